The van der Waals surface area contributed by atoms with Crippen molar-refractivity contribution < 1.29 is 9.53 Å². The molecule has 0 atom stereocenters. The number of rotatable bonds is 4. The molecule has 0 bridgehead atoms. The van der Waals surface area contributed by atoms with Gasteiger partial charge in [-0.15, -0.1) is 0 Å². The molecule has 1 aromatic rings. The van der Waals surface area contributed by atoms with Crippen molar-refractivity contribution in [2.24, 2.45) is 0 Å². The molecule has 3 heteroatoms. The van der Waals surface area contributed by atoms with Gasteiger partial charge < -0.3 is 4.74 Å². The standard InChI is InChI=1S/C14H15NO2/c1-3-17-14(16)6-4-5-12-8-7-11(2)9-13(12)10-15/h4-5,7-9H,3,6H2,1-2H3. The molecule has 0 radical (unpaired) electrons. The minimum Gasteiger partial charge on any atom is -0.466 e. The lowest BCUT2D eigenvalue weighted by Crippen LogP contribution is -2.01. The van der Waals surface area contributed by atoms with Crippen molar-refractivity contribution in [3.63, 3.8) is 0 Å². The van der Waals surface area contributed by atoms with Gasteiger partial charge in [0.1, 0.15) is 0 Å². The predicted octanol–water partition coefficient (Wildman–Crippen LogP) is 2.83. The fraction of sp³-hybridized carbons (Fsp3) is 0.286. The summed E-state index contributed by atoms with van der Waals surface area (Å²) in [6.07, 6.45) is 3.71. The number of nitriles is 1. The van der Waals surface area contributed by atoms with Gasteiger partial charge in [0.05, 0.1) is 24.7 Å². The molecule has 0 aliphatic carbocycles. The number of hydrogen-bond donors (Lipinski definition) is 0. The van der Waals surface area contributed by atoms with Crippen LogP contribution in [0.2, 0.25) is 0 Å². The summed E-state index contributed by atoms with van der Waals surface area (Å²) in [6.45, 7) is 4.10. The van der Waals surface area contributed by atoms with Crippen LogP contribution in [0.4, 0.5) is 0 Å². The summed E-state index contributed by atoms with van der Waals surface area (Å²) in [5.74, 6) is -0.255. The van der Waals surface area contributed by atoms with Gasteiger partial charge in [-0.2, -0.15) is 5.26 Å². The Kier molecular flexibility index (Phi) is 4.96. The van der Waals surface area contributed by atoms with E-state index in [1.807, 2.05) is 25.1 Å². The molecule has 0 saturated heterocycles. The lowest BCUT2D eigenvalue weighted by molar-refractivity contribution is -0.142. The maximum Gasteiger partial charge on any atom is 0.309 e. The van der Waals surface area contributed by atoms with E-state index >= 15 is 0 Å². The summed E-state index contributed by atoms with van der Waals surface area (Å²) in [6, 6.07) is 7.76. The Balaban J connectivity index is 2.72. The minimum absolute atomic E-state index is 0.229. The molecule has 3 nitrogen and oxygen atoms in total. The second kappa shape index (κ2) is 6.49. The van der Waals surface area contributed by atoms with Crippen molar-refractivity contribution in [2.75, 3.05) is 6.61 Å². The highest BCUT2D eigenvalue weighted by atomic mass is 16.5. The Bertz CT molecular complexity index is 470. The van der Waals surface area contributed by atoms with Crippen LogP contribution in [0.1, 0.15) is 30.0 Å². The average Bonchev–Trinajstić information content (AvgIpc) is 2.31. The summed E-state index contributed by atoms with van der Waals surface area (Å²) in [5, 5.41) is 8.96. The molecule has 0 aliphatic heterocycles. The minimum atomic E-state index is -0.255. The summed E-state index contributed by atoms with van der Waals surface area (Å²) in [5.41, 5.74) is 2.48. The van der Waals surface area contributed by atoms with E-state index in [4.69, 9.17) is 10.00 Å². The van der Waals surface area contributed by atoms with Crippen molar-refractivity contribution >= 4 is 12.0 Å². The van der Waals surface area contributed by atoms with Crippen molar-refractivity contribution in [3.05, 3.63) is 41.0 Å². The molecule has 0 aromatic heterocycles. The van der Waals surface area contributed by atoms with E-state index in [9.17, 15) is 4.79 Å². The largest absolute Gasteiger partial charge is 0.466 e. The monoisotopic (exact) mass is 229 g/mol. The van der Waals surface area contributed by atoms with Crippen LogP contribution in [-0.4, -0.2) is 12.6 Å². The van der Waals surface area contributed by atoms with Crippen molar-refractivity contribution in [1.29, 1.82) is 5.26 Å². The van der Waals surface area contributed by atoms with Crippen LogP contribution in [0, 0.1) is 18.3 Å². The van der Waals surface area contributed by atoms with E-state index in [1.165, 1.54) is 0 Å². The first-order valence-electron chi connectivity index (χ1n) is 5.50. The zero-order valence-corrected chi connectivity index (χ0v) is 10.1. The first-order chi connectivity index (χ1) is 8.17. The number of aryl methyl sites for hydroxylation is 1. The Labute approximate surface area is 101 Å². The number of esters is 1. The molecule has 0 saturated carbocycles. The molecule has 17 heavy (non-hydrogen) atoms. The lowest BCUT2D eigenvalue weighted by Gasteiger charge is -2.00. The van der Waals surface area contributed by atoms with Crippen LogP contribution in [0.5, 0.6) is 0 Å². The van der Waals surface area contributed by atoms with Gasteiger partial charge in [0.15, 0.2) is 0 Å². The summed E-state index contributed by atoms with van der Waals surface area (Å²) < 4.78 is 4.80. The molecular weight excluding hydrogens is 214 g/mol. The van der Waals surface area contributed by atoms with Crippen LogP contribution in [0.15, 0.2) is 24.3 Å². The maximum absolute atomic E-state index is 11.1. The van der Waals surface area contributed by atoms with E-state index in [0.717, 1.165) is 11.1 Å². The molecule has 0 fully saturated rings. The fourth-order valence-corrected chi connectivity index (χ4v) is 1.41. The molecule has 0 heterocycles. The third-order valence-electron chi connectivity index (χ3n) is 2.22. The van der Waals surface area contributed by atoms with Crippen molar-refractivity contribution in [1.82, 2.24) is 0 Å². The Morgan fingerprint density at radius 2 is 2.29 bits per heavy atom. The third kappa shape index (κ3) is 4.12. The lowest BCUT2D eigenvalue weighted by atomic mass is 10.0. The zero-order chi connectivity index (χ0) is 12.7. The van der Waals surface area contributed by atoms with Crippen LogP contribution >= 0.6 is 0 Å². The smallest absolute Gasteiger partial charge is 0.309 e. The predicted molar refractivity (Wildman–Crippen MR) is 66.2 cm³/mol. The van der Waals surface area contributed by atoms with Crippen LogP contribution < -0.4 is 0 Å². The Hall–Kier alpha value is -2.08. The van der Waals surface area contributed by atoms with E-state index in [0.29, 0.717) is 12.2 Å². The Morgan fingerprint density at radius 1 is 1.53 bits per heavy atom. The molecular formula is C14H15NO2. The Morgan fingerprint density at radius 3 is 2.94 bits per heavy atom. The second-order valence-corrected chi connectivity index (χ2v) is 3.61. The highest BCUT2D eigenvalue weighted by Gasteiger charge is 2.00. The number of ether oxygens (including phenoxy) is 1. The van der Waals surface area contributed by atoms with Gasteiger partial charge in [0.2, 0.25) is 0 Å². The molecule has 1 rings (SSSR count). The summed E-state index contributed by atoms with van der Waals surface area (Å²) in [4.78, 5) is 11.1. The van der Waals surface area contributed by atoms with Crippen LogP contribution in [0.3, 0.4) is 0 Å². The molecule has 88 valence electrons. The molecule has 0 amide bonds. The molecule has 0 unspecified atom stereocenters. The molecule has 0 aliphatic rings. The van der Waals surface area contributed by atoms with Crippen molar-refractivity contribution in [3.8, 4) is 6.07 Å². The van der Waals surface area contributed by atoms with E-state index in [2.05, 4.69) is 6.07 Å². The first-order valence-corrected chi connectivity index (χ1v) is 5.50. The zero-order valence-electron chi connectivity index (χ0n) is 10.1. The maximum atomic E-state index is 11.1. The highest BCUT2D eigenvalue weighted by Crippen LogP contribution is 2.12. The van der Waals surface area contributed by atoms with Gasteiger partial charge in [-0.3, -0.25) is 4.79 Å². The number of benzene rings is 1. The van der Waals surface area contributed by atoms with Gasteiger partial charge in [0, 0.05) is 0 Å². The van der Waals surface area contributed by atoms with Gasteiger partial charge >= 0.3 is 5.97 Å². The average molecular weight is 229 g/mol. The fourth-order valence-electron chi connectivity index (χ4n) is 1.41. The molecule has 1 aromatic carbocycles. The quantitative estimate of drug-likeness (QED) is 0.746. The van der Waals surface area contributed by atoms with Gasteiger partial charge in [-0.05, 0) is 31.0 Å². The van der Waals surface area contributed by atoms with E-state index < -0.39 is 0 Å². The van der Waals surface area contributed by atoms with Gasteiger partial charge in [0.25, 0.3) is 0 Å². The van der Waals surface area contributed by atoms with E-state index in [-0.39, 0.29) is 12.4 Å². The SMILES string of the molecule is CCOC(=O)CC=Cc1ccc(C)cc1C#N. The number of nitrogens with zero attached hydrogens (tertiary/aromatic N) is 1. The number of carbonyl (C=O) groups excluding carboxylic acids is 1. The molecule has 0 N–H and O–H groups in total. The van der Waals surface area contributed by atoms with Crippen LogP contribution in [0.25, 0.3) is 6.08 Å². The topological polar surface area (TPSA) is 50.1 Å². The normalized spacial score (nSPS) is 10.2. The highest BCUT2D eigenvalue weighted by molar-refractivity contribution is 5.73. The molecule has 0 spiro atoms. The number of carbonyl (C=O) groups is 1. The summed E-state index contributed by atoms with van der Waals surface area (Å²) >= 11 is 0. The van der Waals surface area contributed by atoms with Gasteiger partial charge in [-0.1, -0.05) is 24.3 Å². The van der Waals surface area contributed by atoms with Crippen molar-refractivity contribution in [2.45, 2.75) is 20.3 Å². The third-order valence-corrected chi connectivity index (χ3v) is 2.22. The van der Waals surface area contributed by atoms with Gasteiger partial charge in [-0.25, -0.2) is 0 Å². The number of hydrogen-bond acceptors (Lipinski definition) is 3. The second-order valence-electron chi connectivity index (χ2n) is 3.61. The van der Waals surface area contributed by atoms with E-state index in [1.54, 1.807) is 19.1 Å². The summed E-state index contributed by atoms with van der Waals surface area (Å²) in [7, 11) is 0. The first kappa shape index (κ1) is 13.0. The van der Waals surface area contributed by atoms with Crippen LogP contribution in [-0.2, 0) is 9.53 Å².